The van der Waals surface area contributed by atoms with Gasteiger partial charge < -0.3 is 9.73 Å². The van der Waals surface area contributed by atoms with Crippen LogP contribution in [0.2, 0.25) is 0 Å². The van der Waals surface area contributed by atoms with Gasteiger partial charge >= 0.3 is 0 Å². The molecule has 0 aliphatic rings. The van der Waals surface area contributed by atoms with Gasteiger partial charge in [0.25, 0.3) is 0 Å². The van der Waals surface area contributed by atoms with Crippen LogP contribution < -0.4 is 5.32 Å². The minimum Gasteiger partial charge on any atom is -0.451 e. The molecule has 13 heavy (non-hydrogen) atoms. The number of furan rings is 1. The summed E-state index contributed by atoms with van der Waals surface area (Å²) in [6.07, 6.45) is 0. The summed E-state index contributed by atoms with van der Waals surface area (Å²) in [6, 6.07) is 4.33. The lowest BCUT2D eigenvalue weighted by atomic mass is 10.3. The van der Waals surface area contributed by atoms with Crippen molar-refractivity contribution >= 4 is 0 Å². The van der Waals surface area contributed by atoms with Crippen LogP contribution in [0.3, 0.4) is 0 Å². The van der Waals surface area contributed by atoms with Gasteiger partial charge in [0.05, 0.1) is 6.54 Å². The molecule has 0 spiro atoms. The highest BCUT2D eigenvalue weighted by Gasteiger charge is 1.99. The Labute approximate surface area is 79.3 Å². The average Bonchev–Trinajstić information content (AvgIpc) is 2.50. The Hall–Kier alpha value is -1.20. The molecular weight excluding hydrogens is 162 g/mol. The van der Waals surface area contributed by atoms with Crippen molar-refractivity contribution in [3.8, 4) is 11.8 Å². The third-order valence-electron chi connectivity index (χ3n) is 1.59. The van der Waals surface area contributed by atoms with Crippen molar-refractivity contribution in [3.05, 3.63) is 23.7 Å². The topological polar surface area (TPSA) is 25.2 Å². The maximum absolute atomic E-state index is 5.44. The highest BCUT2D eigenvalue weighted by atomic mass is 16.3. The quantitative estimate of drug-likeness (QED) is 0.716. The van der Waals surface area contributed by atoms with E-state index >= 15 is 0 Å². The standard InChI is InChI=1S/C11H15NO/c1-4-5-10-6-7-11(13-10)8-12-9(2)3/h6-7,9,12H,8H2,1-3H3. The third kappa shape index (κ3) is 3.35. The molecule has 1 N–H and O–H groups in total. The maximum atomic E-state index is 5.44. The Kier molecular flexibility index (Phi) is 3.60. The summed E-state index contributed by atoms with van der Waals surface area (Å²) < 4.78 is 5.44. The first-order chi connectivity index (χ1) is 6.22. The largest absolute Gasteiger partial charge is 0.451 e. The minimum absolute atomic E-state index is 0.478. The van der Waals surface area contributed by atoms with E-state index in [0.29, 0.717) is 6.04 Å². The minimum atomic E-state index is 0.478. The van der Waals surface area contributed by atoms with Crippen LogP contribution >= 0.6 is 0 Å². The molecule has 1 aromatic rings. The van der Waals surface area contributed by atoms with E-state index in [-0.39, 0.29) is 0 Å². The molecule has 70 valence electrons. The van der Waals surface area contributed by atoms with Crippen molar-refractivity contribution in [1.29, 1.82) is 0 Å². The maximum Gasteiger partial charge on any atom is 0.177 e. The Morgan fingerprint density at radius 3 is 2.85 bits per heavy atom. The smallest absolute Gasteiger partial charge is 0.177 e. The van der Waals surface area contributed by atoms with Gasteiger partial charge in [0.1, 0.15) is 5.76 Å². The normalized spacial score (nSPS) is 9.85. The fraction of sp³-hybridized carbons (Fsp3) is 0.455. The van der Waals surface area contributed by atoms with Gasteiger partial charge in [-0.05, 0) is 25.0 Å². The predicted octanol–water partition coefficient (Wildman–Crippen LogP) is 2.15. The lowest BCUT2D eigenvalue weighted by Crippen LogP contribution is -2.21. The average molecular weight is 177 g/mol. The van der Waals surface area contributed by atoms with Gasteiger partial charge in [-0.2, -0.15) is 0 Å². The van der Waals surface area contributed by atoms with Crippen LogP contribution in [0.4, 0.5) is 0 Å². The van der Waals surface area contributed by atoms with Gasteiger partial charge in [-0.3, -0.25) is 0 Å². The van der Waals surface area contributed by atoms with Crippen molar-refractivity contribution < 1.29 is 4.42 Å². The number of nitrogens with one attached hydrogen (secondary N) is 1. The molecule has 0 bridgehead atoms. The van der Waals surface area contributed by atoms with Crippen LogP contribution in [0.25, 0.3) is 0 Å². The van der Waals surface area contributed by atoms with Gasteiger partial charge in [-0.25, -0.2) is 0 Å². The zero-order valence-corrected chi connectivity index (χ0v) is 8.35. The summed E-state index contributed by atoms with van der Waals surface area (Å²) in [7, 11) is 0. The van der Waals surface area contributed by atoms with E-state index in [0.717, 1.165) is 18.1 Å². The Morgan fingerprint density at radius 1 is 1.46 bits per heavy atom. The molecule has 1 rings (SSSR count). The molecule has 0 fully saturated rings. The molecule has 0 saturated carbocycles. The van der Waals surface area contributed by atoms with E-state index in [1.165, 1.54) is 0 Å². The molecule has 0 amide bonds. The first-order valence-corrected chi connectivity index (χ1v) is 4.47. The lowest BCUT2D eigenvalue weighted by molar-refractivity contribution is 0.458. The van der Waals surface area contributed by atoms with Crippen LogP contribution in [0.1, 0.15) is 32.3 Å². The lowest BCUT2D eigenvalue weighted by Gasteiger charge is -2.04. The van der Waals surface area contributed by atoms with E-state index in [1.54, 1.807) is 6.92 Å². The summed E-state index contributed by atoms with van der Waals surface area (Å²) in [4.78, 5) is 0. The summed E-state index contributed by atoms with van der Waals surface area (Å²) in [5.74, 6) is 7.34. The predicted molar refractivity (Wildman–Crippen MR) is 53.2 cm³/mol. The molecule has 2 heteroatoms. The van der Waals surface area contributed by atoms with Crippen molar-refractivity contribution in [2.75, 3.05) is 0 Å². The van der Waals surface area contributed by atoms with Gasteiger partial charge in [0.2, 0.25) is 0 Å². The molecule has 0 unspecified atom stereocenters. The van der Waals surface area contributed by atoms with Gasteiger partial charge in [-0.1, -0.05) is 19.8 Å². The fourth-order valence-corrected chi connectivity index (χ4v) is 0.968. The highest BCUT2D eigenvalue weighted by Crippen LogP contribution is 2.06. The summed E-state index contributed by atoms with van der Waals surface area (Å²) in [5, 5.41) is 3.28. The van der Waals surface area contributed by atoms with Crippen LogP contribution in [0, 0.1) is 11.8 Å². The van der Waals surface area contributed by atoms with Crippen LogP contribution in [0.15, 0.2) is 16.5 Å². The van der Waals surface area contributed by atoms with Crippen LogP contribution in [-0.4, -0.2) is 6.04 Å². The first kappa shape index (κ1) is 9.88. The molecule has 0 atom stereocenters. The van der Waals surface area contributed by atoms with E-state index in [2.05, 4.69) is 31.0 Å². The summed E-state index contributed by atoms with van der Waals surface area (Å²) in [6.45, 7) is 6.78. The highest BCUT2D eigenvalue weighted by molar-refractivity contribution is 5.25. The van der Waals surface area contributed by atoms with Gasteiger partial charge in [-0.15, -0.1) is 0 Å². The molecule has 0 saturated heterocycles. The van der Waals surface area contributed by atoms with E-state index in [9.17, 15) is 0 Å². The molecule has 0 aliphatic carbocycles. The first-order valence-electron chi connectivity index (χ1n) is 4.47. The molecule has 0 aromatic carbocycles. The molecule has 1 heterocycles. The second-order valence-electron chi connectivity index (χ2n) is 3.18. The van der Waals surface area contributed by atoms with Crippen molar-refractivity contribution in [1.82, 2.24) is 5.32 Å². The van der Waals surface area contributed by atoms with E-state index in [1.807, 2.05) is 12.1 Å². The van der Waals surface area contributed by atoms with Crippen molar-refractivity contribution in [2.45, 2.75) is 33.4 Å². The summed E-state index contributed by atoms with van der Waals surface area (Å²) >= 11 is 0. The second-order valence-corrected chi connectivity index (χ2v) is 3.18. The molecule has 0 radical (unpaired) electrons. The second kappa shape index (κ2) is 4.74. The van der Waals surface area contributed by atoms with Crippen molar-refractivity contribution in [3.63, 3.8) is 0 Å². The van der Waals surface area contributed by atoms with Crippen LogP contribution in [0.5, 0.6) is 0 Å². The Morgan fingerprint density at radius 2 is 2.23 bits per heavy atom. The van der Waals surface area contributed by atoms with Crippen LogP contribution in [-0.2, 0) is 6.54 Å². The van der Waals surface area contributed by atoms with Gasteiger partial charge in [0, 0.05) is 6.04 Å². The monoisotopic (exact) mass is 177 g/mol. The van der Waals surface area contributed by atoms with Crippen molar-refractivity contribution in [2.24, 2.45) is 0 Å². The zero-order valence-electron chi connectivity index (χ0n) is 8.35. The SMILES string of the molecule is CC#Cc1ccc(CNC(C)C)o1. The molecular formula is C11H15NO. The van der Waals surface area contributed by atoms with E-state index < -0.39 is 0 Å². The number of hydrogen-bond acceptors (Lipinski definition) is 2. The Bertz CT molecular complexity index is 314. The number of hydrogen-bond donors (Lipinski definition) is 1. The summed E-state index contributed by atoms with van der Waals surface area (Å²) in [5.41, 5.74) is 0. The zero-order chi connectivity index (χ0) is 9.68. The molecule has 1 aromatic heterocycles. The molecule has 0 aliphatic heterocycles. The molecule has 2 nitrogen and oxygen atoms in total. The Balaban J connectivity index is 2.52. The fourth-order valence-electron chi connectivity index (χ4n) is 0.968. The number of rotatable bonds is 3. The van der Waals surface area contributed by atoms with E-state index in [4.69, 9.17) is 4.42 Å². The third-order valence-corrected chi connectivity index (χ3v) is 1.59. The van der Waals surface area contributed by atoms with Gasteiger partial charge in [0.15, 0.2) is 5.76 Å².